The van der Waals surface area contributed by atoms with Crippen molar-refractivity contribution in [1.82, 2.24) is 0 Å². The third-order valence-corrected chi connectivity index (χ3v) is 3.65. The first-order valence-electron chi connectivity index (χ1n) is 5.11. The molecule has 0 radical (unpaired) electrons. The first-order chi connectivity index (χ1) is 7.63. The van der Waals surface area contributed by atoms with Gasteiger partial charge in [-0.3, -0.25) is 13.6 Å². The van der Waals surface area contributed by atoms with Crippen molar-refractivity contribution in [2.45, 2.75) is 25.0 Å². The monoisotopic (exact) mass is 244 g/mol. The maximum absolute atomic E-state index is 12.1. The Bertz CT molecular complexity index is 293. The van der Waals surface area contributed by atoms with Crippen LogP contribution in [-0.2, 0) is 18.1 Å². The van der Waals surface area contributed by atoms with Crippen LogP contribution in [0, 0.1) is 0 Å². The van der Waals surface area contributed by atoms with Crippen LogP contribution in [0.3, 0.4) is 0 Å². The van der Waals surface area contributed by atoms with Gasteiger partial charge in [0.1, 0.15) is 0 Å². The van der Waals surface area contributed by atoms with E-state index in [1.54, 1.807) is 18.2 Å². The molecule has 0 aliphatic carbocycles. The molecule has 1 fully saturated rings. The Morgan fingerprint density at radius 3 is 2.25 bits per heavy atom. The highest BCUT2D eigenvalue weighted by molar-refractivity contribution is 7.48. The van der Waals surface area contributed by atoms with Crippen LogP contribution < -0.4 is 0 Å². The zero-order valence-corrected chi connectivity index (χ0v) is 10.1. The summed E-state index contributed by atoms with van der Waals surface area (Å²) in [5.41, 5.74) is 0. The van der Waals surface area contributed by atoms with Gasteiger partial charge in [0.2, 0.25) is 0 Å². The van der Waals surface area contributed by atoms with Crippen molar-refractivity contribution in [3.05, 3.63) is 38.0 Å². The van der Waals surface area contributed by atoms with Crippen molar-refractivity contribution in [2.75, 3.05) is 6.61 Å². The van der Waals surface area contributed by atoms with Crippen LogP contribution in [-0.4, -0.2) is 18.8 Å². The zero-order valence-electron chi connectivity index (χ0n) is 9.21. The van der Waals surface area contributed by atoms with Crippen LogP contribution in [0.15, 0.2) is 38.0 Å². The Kier molecular flexibility index (Phi) is 5.16. The summed E-state index contributed by atoms with van der Waals surface area (Å²) in [5, 5.41) is 0. The lowest BCUT2D eigenvalue weighted by Gasteiger charge is -2.31. The van der Waals surface area contributed by atoms with Gasteiger partial charge in [0.15, 0.2) is 0 Å². The summed E-state index contributed by atoms with van der Waals surface area (Å²) in [6.45, 7) is 11.0. The summed E-state index contributed by atoms with van der Waals surface area (Å²) in [4.78, 5) is 0. The highest BCUT2D eigenvalue weighted by Crippen LogP contribution is 2.55. The smallest absolute Gasteiger partial charge is 0.287 e. The minimum atomic E-state index is -3.48. The first kappa shape index (κ1) is 13.4. The lowest BCUT2D eigenvalue weighted by atomic mass is 10.1. The predicted octanol–water partition coefficient (Wildman–Crippen LogP) is 3.23. The van der Waals surface area contributed by atoms with Crippen molar-refractivity contribution >= 4 is 7.82 Å². The van der Waals surface area contributed by atoms with E-state index in [4.69, 9.17) is 13.6 Å². The molecule has 4 nitrogen and oxygen atoms in total. The van der Waals surface area contributed by atoms with E-state index in [9.17, 15) is 4.57 Å². The Hall–Kier alpha value is -0.670. The molecule has 90 valence electrons. The van der Waals surface area contributed by atoms with Crippen LogP contribution >= 0.6 is 7.82 Å². The largest absolute Gasteiger partial charge is 0.475 e. The zero-order chi connectivity index (χ0) is 12.0. The molecule has 0 saturated carbocycles. The van der Waals surface area contributed by atoms with Crippen molar-refractivity contribution in [3.8, 4) is 0 Å². The van der Waals surface area contributed by atoms with Gasteiger partial charge in [-0.1, -0.05) is 18.2 Å². The fraction of sp³-hybridized carbons (Fsp3) is 0.455. The number of phosphoric acid groups is 1. The molecule has 0 spiro atoms. The molecule has 0 N–H and O–H groups in total. The molecule has 1 rings (SSSR count). The van der Waals surface area contributed by atoms with Crippen molar-refractivity contribution in [2.24, 2.45) is 0 Å². The number of phosphoric ester groups is 1. The van der Waals surface area contributed by atoms with Gasteiger partial charge in [-0.25, -0.2) is 4.57 Å². The van der Waals surface area contributed by atoms with Gasteiger partial charge >= 0.3 is 7.82 Å². The van der Waals surface area contributed by atoms with E-state index in [0.29, 0.717) is 12.8 Å². The molecule has 0 bridgehead atoms. The average molecular weight is 244 g/mol. The quantitative estimate of drug-likeness (QED) is 0.409. The molecule has 3 atom stereocenters. The normalized spacial score (nSPS) is 34.2. The Labute approximate surface area is 96.2 Å². The molecule has 1 heterocycles. The molecule has 1 unspecified atom stereocenters. The minimum Gasteiger partial charge on any atom is -0.287 e. The van der Waals surface area contributed by atoms with Crippen LogP contribution in [0.1, 0.15) is 12.8 Å². The third-order valence-electron chi connectivity index (χ3n) is 2.09. The van der Waals surface area contributed by atoms with Gasteiger partial charge in [0.05, 0.1) is 18.8 Å². The number of hydrogen-bond acceptors (Lipinski definition) is 4. The van der Waals surface area contributed by atoms with E-state index < -0.39 is 7.82 Å². The van der Waals surface area contributed by atoms with Crippen LogP contribution in [0.25, 0.3) is 0 Å². The van der Waals surface area contributed by atoms with Crippen molar-refractivity contribution in [3.63, 3.8) is 0 Å². The lowest BCUT2D eigenvalue weighted by Crippen LogP contribution is -2.26. The molecule has 1 saturated heterocycles. The second-order valence-corrected chi connectivity index (χ2v) is 4.93. The highest BCUT2D eigenvalue weighted by atomic mass is 31.2. The van der Waals surface area contributed by atoms with E-state index in [-0.39, 0.29) is 18.8 Å². The third kappa shape index (κ3) is 3.72. The Morgan fingerprint density at radius 2 is 1.81 bits per heavy atom. The molecule has 1 aliphatic heterocycles. The second-order valence-electron chi connectivity index (χ2n) is 3.35. The molecule has 0 aromatic carbocycles. The molecule has 1 aliphatic rings. The van der Waals surface area contributed by atoms with Crippen molar-refractivity contribution < 1.29 is 18.1 Å². The highest BCUT2D eigenvalue weighted by Gasteiger charge is 2.38. The van der Waals surface area contributed by atoms with Crippen LogP contribution in [0.4, 0.5) is 0 Å². The fourth-order valence-electron chi connectivity index (χ4n) is 1.26. The van der Waals surface area contributed by atoms with Gasteiger partial charge in [-0.2, -0.15) is 0 Å². The molecule has 5 heteroatoms. The van der Waals surface area contributed by atoms with Crippen molar-refractivity contribution in [1.29, 1.82) is 0 Å². The number of hydrogen-bond donors (Lipinski definition) is 0. The molecule has 0 amide bonds. The van der Waals surface area contributed by atoms with E-state index in [2.05, 4.69) is 19.7 Å². The first-order valence-corrected chi connectivity index (χ1v) is 6.57. The maximum Gasteiger partial charge on any atom is 0.475 e. The van der Waals surface area contributed by atoms with Gasteiger partial charge in [0.25, 0.3) is 0 Å². The van der Waals surface area contributed by atoms with Crippen LogP contribution in [0.5, 0.6) is 0 Å². The summed E-state index contributed by atoms with van der Waals surface area (Å²) in [7, 11) is -3.48. The van der Waals surface area contributed by atoms with Gasteiger partial charge < -0.3 is 0 Å². The summed E-state index contributed by atoms with van der Waals surface area (Å²) in [5.74, 6) is 0. The molecule has 0 aromatic rings. The summed E-state index contributed by atoms with van der Waals surface area (Å²) in [6, 6.07) is 0. The SMILES string of the molecule is C=CCCOP1(=O)O[C@H](C=C)C[C@H](C=C)O1. The Balaban J connectivity index is 2.62. The van der Waals surface area contributed by atoms with Gasteiger partial charge in [-0.15, -0.1) is 19.7 Å². The molecule has 16 heavy (non-hydrogen) atoms. The predicted molar refractivity (Wildman–Crippen MR) is 63.1 cm³/mol. The molecule has 0 aromatic heterocycles. The average Bonchev–Trinajstić information content (AvgIpc) is 2.28. The Morgan fingerprint density at radius 1 is 1.25 bits per heavy atom. The standard InChI is InChI=1S/C11H17O4P/c1-4-7-8-13-16(12)14-10(5-2)9-11(6-3)15-16/h4-6,10-11H,1-3,7-9H2/t10-,11+,16?. The molecular weight excluding hydrogens is 227 g/mol. The topological polar surface area (TPSA) is 44.8 Å². The summed E-state index contributed by atoms with van der Waals surface area (Å²) < 4.78 is 27.6. The number of rotatable bonds is 6. The van der Waals surface area contributed by atoms with E-state index in [0.717, 1.165) is 0 Å². The summed E-state index contributed by atoms with van der Waals surface area (Å²) in [6.07, 6.45) is 5.34. The van der Waals surface area contributed by atoms with Gasteiger partial charge in [-0.05, 0) is 6.42 Å². The summed E-state index contributed by atoms with van der Waals surface area (Å²) >= 11 is 0. The minimum absolute atomic E-state index is 0.258. The second kappa shape index (κ2) is 6.16. The fourth-order valence-corrected chi connectivity index (χ4v) is 2.77. The van der Waals surface area contributed by atoms with Gasteiger partial charge in [0, 0.05) is 6.42 Å². The van der Waals surface area contributed by atoms with E-state index in [1.165, 1.54) is 0 Å². The van der Waals surface area contributed by atoms with E-state index >= 15 is 0 Å². The van der Waals surface area contributed by atoms with E-state index in [1.807, 2.05) is 0 Å². The molecular formula is C11H17O4P. The maximum atomic E-state index is 12.1. The van der Waals surface area contributed by atoms with Crippen LogP contribution in [0.2, 0.25) is 0 Å². The lowest BCUT2D eigenvalue weighted by molar-refractivity contribution is 0.0235.